The molecule has 0 fully saturated rings. The van der Waals surface area contributed by atoms with E-state index in [2.05, 4.69) is 20.7 Å². The molecule has 0 saturated carbocycles. The van der Waals surface area contributed by atoms with Gasteiger partial charge in [0.05, 0.1) is 11.9 Å². The first kappa shape index (κ1) is 11.2. The Bertz CT molecular complexity index is 456. The molecule has 0 bridgehead atoms. The third-order valence-corrected chi connectivity index (χ3v) is 2.52. The van der Waals surface area contributed by atoms with Gasteiger partial charge in [0.1, 0.15) is 0 Å². The van der Waals surface area contributed by atoms with Crippen LogP contribution >= 0.6 is 15.9 Å². The van der Waals surface area contributed by atoms with Crippen LogP contribution in [-0.2, 0) is 10.0 Å². The maximum atomic E-state index is 10.9. The minimum absolute atomic E-state index is 0.275. The van der Waals surface area contributed by atoms with Crippen molar-refractivity contribution in [2.24, 2.45) is 0 Å². The number of carbonyl (C=O) groups excluding carboxylic acids is 1. The highest BCUT2D eigenvalue weighted by Crippen LogP contribution is 2.20. The molecule has 6 heteroatoms. The topological polar surface area (TPSA) is 63.2 Å². The summed E-state index contributed by atoms with van der Waals surface area (Å²) in [4.78, 5) is 10.6. The van der Waals surface area contributed by atoms with Gasteiger partial charge in [-0.2, -0.15) is 0 Å². The van der Waals surface area contributed by atoms with Crippen molar-refractivity contribution >= 4 is 37.9 Å². The van der Waals surface area contributed by atoms with Gasteiger partial charge in [-0.25, -0.2) is 8.42 Å². The largest absolute Gasteiger partial charge is 0.298 e. The third-order valence-electron chi connectivity index (χ3n) is 1.44. The highest BCUT2D eigenvalue weighted by Gasteiger charge is 2.07. The standard InChI is InChI=1S/C8H8BrNO3S/c1-14(12,13)10-8-4-7(9)3-2-6(8)5-11/h2-5,10H,1H3. The Labute approximate surface area is 90.5 Å². The summed E-state index contributed by atoms with van der Waals surface area (Å²) in [5.41, 5.74) is 0.579. The summed E-state index contributed by atoms with van der Waals surface area (Å²) < 4.78 is 24.8. The predicted octanol–water partition coefficient (Wildman–Crippen LogP) is 1.63. The highest BCUT2D eigenvalue weighted by atomic mass is 79.9. The lowest BCUT2D eigenvalue weighted by Gasteiger charge is -2.06. The van der Waals surface area contributed by atoms with E-state index in [0.717, 1.165) is 6.26 Å². The van der Waals surface area contributed by atoms with E-state index in [-0.39, 0.29) is 5.69 Å². The summed E-state index contributed by atoms with van der Waals surface area (Å²) in [7, 11) is -3.36. The molecule has 0 saturated heterocycles. The molecular weight excluding hydrogens is 270 g/mol. The Kier molecular flexibility index (Phi) is 3.28. The second-order valence-electron chi connectivity index (χ2n) is 2.72. The summed E-state index contributed by atoms with van der Waals surface area (Å²) >= 11 is 3.18. The number of sulfonamides is 1. The molecule has 4 nitrogen and oxygen atoms in total. The molecule has 0 atom stereocenters. The summed E-state index contributed by atoms with van der Waals surface area (Å²) in [5, 5.41) is 0. The second-order valence-corrected chi connectivity index (χ2v) is 5.39. The number of hydrogen-bond acceptors (Lipinski definition) is 3. The first-order chi connectivity index (χ1) is 6.42. The van der Waals surface area contributed by atoms with E-state index >= 15 is 0 Å². The van der Waals surface area contributed by atoms with Crippen LogP contribution in [-0.4, -0.2) is 21.0 Å². The molecule has 1 aromatic carbocycles. The highest BCUT2D eigenvalue weighted by molar-refractivity contribution is 9.10. The van der Waals surface area contributed by atoms with E-state index in [9.17, 15) is 13.2 Å². The molecule has 1 rings (SSSR count). The number of carbonyl (C=O) groups is 1. The van der Waals surface area contributed by atoms with Gasteiger partial charge in [-0.1, -0.05) is 15.9 Å². The fourth-order valence-corrected chi connectivity index (χ4v) is 1.86. The number of nitrogens with one attached hydrogen (secondary N) is 1. The van der Waals surface area contributed by atoms with Crippen molar-refractivity contribution in [2.45, 2.75) is 0 Å². The lowest BCUT2D eigenvalue weighted by molar-refractivity contribution is 0.112. The number of halogens is 1. The lowest BCUT2D eigenvalue weighted by Crippen LogP contribution is -2.11. The van der Waals surface area contributed by atoms with Gasteiger partial charge in [-0.05, 0) is 18.2 Å². The van der Waals surface area contributed by atoms with Crippen LogP contribution in [0.25, 0.3) is 0 Å². The Hall–Kier alpha value is -0.880. The van der Waals surface area contributed by atoms with Gasteiger partial charge >= 0.3 is 0 Å². The van der Waals surface area contributed by atoms with Gasteiger partial charge in [0.25, 0.3) is 0 Å². The number of rotatable bonds is 3. The van der Waals surface area contributed by atoms with Crippen LogP contribution in [0.15, 0.2) is 22.7 Å². The van der Waals surface area contributed by atoms with Crippen LogP contribution in [0.4, 0.5) is 5.69 Å². The summed E-state index contributed by atoms with van der Waals surface area (Å²) in [6, 6.07) is 4.73. The minimum atomic E-state index is -3.36. The smallest absolute Gasteiger partial charge is 0.229 e. The quantitative estimate of drug-likeness (QED) is 0.855. The molecule has 0 amide bonds. The van der Waals surface area contributed by atoms with E-state index in [1.54, 1.807) is 6.07 Å². The molecule has 0 aromatic heterocycles. The predicted molar refractivity (Wildman–Crippen MR) is 58.0 cm³/mol. The Morgan fingerprint density at radius 3 is 2.57 bits per heavy atom. The van der Waals surface area contributed by atoms with Crippen molar-refractivity contribution in [1.29, 1.82) is 0 Å². The zero-order valence-corrected chi connectivity index (χ0v) is 9.72. The van der Waals surface area contributed by atoms with Crippen molar-refractivity contribution in [3.63, 3.8) is 0 Å². The molecule has 76 valence electrons. The zero-order chi connectivity index (χ0) is 10.8. The monoisotopic (exact) mass is 277 g/mol. The lowest BCUT2D eigenvalue weighted by atomic mass is 10.2. The fourth-order valence-electron chi connectivity index (χ4n) is 0.919. The average Bonchev–Trinajstić information content (AvgIpc) is 2.01. The van der Waals surface area contributed by atoms with Crippen molar-refractivity contribution in [1.82, 2.24) is 0 Å². The summed E-state index contributed by atoms with van der Waals surface area (Å²) in [6.45, 7) is 0. The number of aldehydes is 1. The van der Waals surface area contributed by atoms with E-state index in [1.165, 1.54) is 12.1 Å². The molecule has 0 aliphatic carbocycles. The summed E-state index contributed by atoms with van der Waals surface area (Å²) in [5.74, 6) is 0. The van der Waals surface area contributed by atoms with Crippen molar-refractivity contribution < 1.29 is 13.2 Å². The van der Waals surface area contributed by atoms with Crippen LogP contribution < -0.4 is 4.72 Å². The van der Waals surface area contributed by atoms with Gasteiger partial charge < -0.3 is 0 Å². The van der Waals surface area contributed by atoms with Crippen molar-refractivity contribution in [2.75, 3.05) is 11.0 Å². The van der Waals surface area contributed by atoms with Crippen LogP contribution in [0.3, 0.4) is 0 Å². The first-order valence-electron chi connectivity index (χ1n) is 3.65. The van der Waals surface area contributed by atoms with E-state index in [1.807, 2.05) is 0 Å². The van der Waals surface area contributed by atoms with E-state index < -0.39 is 10.0 Å². The molecule has 1 aromatic rings. The Morgan fingerprint density at radius 1 is 1.43 bits per heavy atom. The van der Waals surface area contributed by atoms with Crippen LogP contribution in [0.5, 0.6) is 0 Å². The molecule has 14 heavy (non-hydrogen) atoms. The zero-order valence-electron chi connectivity index (χ0n) is 7.32. The van der Waals surface area contributed by atoms with E-state index in [0.29, 0.717) is 16.3 Å². The number of anilines is 1. The number of benzene rings is 1. The van der Waals surface area contributed by atoms with Crippen molar-refractivity contribution in [3.8, 4) is 0 Å². The van der Waals surface area contributed by atoms with Crippen LogP contribution in [0.2, 0.25) is 0 Å². The normalized spacial score (nSPS) is 11.0. The van der Waals surface area contributed by atoms with E-state index in [4.69, 9.17) is 0 Å². The van der Waals surface area contributed by atoms with Gasteiger partial charge in [0.15, 0.2) is 6.29 Å². The molecule has 0 radical (unpaired) electrons. The number of hydrogen-bond donors (Lipinski definition) is 1. The molecule has 0 unspecified atom stereocenters. The second kappa shape index (κ2) is 4.10. The SMILES string of the molecule is CS(=O)(=O)Nc1cc(Br)ccc1C=O. The molecule has 0 aliphatic rings. The average molecular weight is 278 g/mol. The molecule has 0 aliphatic heterocycles. The maximum absolute atomic E-state index is 10.9. The molecular formula is C8H8BrNO3S. The van der Waals surface area contributed by atoms with Gasteiger partial charge in [0.2, 0.25) is 10.0 Å². The Morgan fingerprint density at radius 2 is 2.07 bits per heavy atom. The Balaban J connectivity index is 3.18. The molecule has 0 spiro atoms. The maximum Gasteiger partial charge on any atom is 0.229 e. The van der Waals surface area contributed by atoms with Crippen LogP contribution in [0.1, 0.15) is 10.4 Å². The summed E-state index contributed by atoms with van der Waals surface area (Å²) in [6.07, 6.45) is 1.63. The fraction of sp³-hybridized carbons (Fsp3) is 0.125. The molecule has 1 N–H and O–H groups in total. The van der Waals surface area contributed by atoms with Gasteiger partial charge in [-0.3, -0.25) is 9.52 Å². The van der Waals surface area contributed by atoms with Crippen LogP contribution in [0, 0.1) is 0 Å². The third kappa shape index (κ3) is 3.12. The first-order valence-corrected chi connectivity index (χ1v) is 6.33. The van der Waals surface area contributed by atoms with Gasteiger partial charge in [0, 0.05) is 10.0 Å². The van der Waals surface area contributed by atoms with Crippen molar-refractivity contribution in [3.05, 3.63) is 28.2 Å². The minimum Gasteiger partial charge on any atom is -0.298 e. The molecule has 0 heterocycles. The van der Waals surface area contributed by atoms with Gasteiger partial charge in [-0.15, -0.1) is 0 Å².